The van der Waals surface area contributed by atoms with Crippen LogP contribution in [0.4, 0.5) is 0 Å². The maximum Gasteiger partial charge on any atom is 0.0284 e. The van der Waals surface area contributed by atoms with E-state index in [4.69, 9.17) is 0 Å². The summed E-state index contributed by atoms with van der Waals surface area (Å²) in [5, 5.41) is 0. The molecule has 0 spiro atoms. The third-order valence-corrected chi connectivity index (χ3v) is 18.7. The first-order valence-corrected chi connectivity index (χ1v) is 23.7. The molecule has 11 unspecified atom stereocenters. The summed E-state index contributed by atoms with van der Waals surface area (Å²) in [6.45, 7) is 0. The minimum absolute atomic E-state index is 0.747. The number of rotatable bonds is 5. The van der Waals surface area contributed by atoms with Gasteiger partial charge in [-0.25, -0.2) is 0 Å². The highest BCUT2D eigenvalue weighted by Crippen LogP contribution is 2.58. The lowest BCUT2D eigenvalue weighted by Gasteiger charge is -2.47. The maximum atomic E-state index is 3.31. The van der Waals surface area contributed by atoms with Gasteiger partial charge >= 0.3 is 0 Å². The molecule has 2 aliphatic heterocycles. The van der Waals surface area contributed by atoms with Gasteiger partial charge in [0.1, 0.15) is 0 Å². The molecule has 10 aliphatic rings. The van der Waals surface area contributed by atoms with Crippen molar-refractivity contribution < 1.29 is 0 Å². The van der Waals surface area contributed by atoms with E-state index in [-0.39, 0.29) is 0 Å². The summed E-state index contributed by atoms with van der Waals surface area (Å²) < 4.78 is 0. The standard InChI is InChI=1S/C48H76N2/c1-3-11-33(12-4-1)35-19-25-39(26-20-35)49-45-17-9-7-15-41(45)43-31-37(23-29-47(43)49)38-24-30-48-44(32-38)42-16-8-10-18-46(42)50(48)40-27-21-36(22-28-40)34-13-5-2-6-14-34/h3,11,19,25,33-48H,1-2,4-10,12-18,20-24,26-32H2/t33?,35-,36?,37?,38?,39+,40?,41?,42?,43?,44?,45?,46?,47?,48?/m1/s1. The van der Waals surface area contributed by atoms with E-state index in [1.54, 1.807) is 89.9 Å². The van der Waals surface area contributed by atoms with E-state index >= 15 is 0 Å². The lowest BCUT2D eigenvalue weighted by Crippen LogP contribution is -2.49. The summed E-state index contributed by atoms with van der Waals surface area (Å²) in [4.78, 5) is 6.53. The average Bonchev–Trinajstić information content (AvgIpc) is 3.71. The van der Waals surface area contributed by atoms with Crippen LogP contribution in [0.3, 0.4) is 0 Å². The third-order valence-electron chi connectivity index (χ3n) is 18.7. The van der Waals surface area contributed by atoms with Gasteiger partial charge in [0.15, 0.2) is 0 Å². The van der Waals surface area contributed by atoms with E-state index in [2.05, 4.69) is 34.1 Å². The molecule has 0 amide bonds. The molecule has 13 atom stereocenters. The average molecular weight is 681 g/mol. The number of fused-ring (bicyclic) bond motifs is 6. The lowest BCUT2D eigenvalue weighted by atomic mass is 9.62. The van der Waals surface area contributed by atoms with Crippen molar-refractivity contribution in [1.82, 2.24) is 9.80 Å². The molecular weight excluding hydrogens is 605 g/mol. The fraction of sp³-hybridized carbons (Fsp3) is 0.917. The molecule has 278 valence electrons. The molecule has 50 heavy (non-hydrogen) atoms. The van der Waals surface area contributed by atoms with Gasteiger partial charge in [0, 0.05) is 36.3 Å². The minimum atomic E-state index is 0.747. The van der Waals surface area contributed by atoms with Gasteiger partial charge in [0.25, 0.3) is 0 Å². The Morgan fingerprint density at radius 1 is 0.340 bits per heavy atom. The molecule has 2 saturated heterocycles. The van der Waals surface area contributed by atoms with Crippen molar-refractivity contribution >= 4 is 0 Å². The highest BCUT2D eigenvalue weighted by atomic mass is 15.3. The van der Waals surface area contributed by atoms with E-state index in [0.717, 1.165) is 95.4 Å². The monoisotopic (exact) mass is 681 g/mol. The smallest absolute Gasteiger partial charge is 0.0284 e. The molecule has 0 aromatic rings. The molecule has 0 bridgehead atoms. The molecule has 0 aromatic carbocycles. The largest absolute Gasteiger partial charge is 0.294 e. The Morgan fingerprint density at radius 2 is 0.900 bits per heavy atom. The van der Waals surface area contributed by atoms with Crippen LogP contribution in [0, 0.1) is 59.2 Å². The Labute approximate surface area is 308 Å². The van der Waals surface area contributed by atoms with E-state index in [0.29, 0.717) is 0 Å². The SMILES string of the molecule is C1=CC([C@@H]2C=C[C@H](N3C4CCCCC4C4CC(C5CCC6C(C5)C5CCCCC5N6C5CCC(C6CCCCC6)CC5)CCC43)CC2)CCC1. The van der Waals surface area contributed by atoms with Crippen molar-refractivity contribution in [1.29, 1.82) is 0 Å². The predicted octanol–water partition coefficient (Wildman–Crippen LogP) is 12.1. The summed E-state index contributed by atoms with van der Waals surface area (Å²) in [7, 11) is 0. The van der Waals surface area contributed by atoms with Gasteiger partial charge in [0.2, 0.25) is 0 Å². The van der Waals surface area contributed by atoms with Crippen molar-refractivity contribution in [2.75, 3.05) is 0 Å². The molecule has 0 radical (unpaired) electrons. The first kappa shape index (κ1) is 33.9. The Hall–Kier alpha value is -0.600. The zero-order chi connectivity index (χ0) is 33.0. The molecule has 8 fully saturated rings. The molecule has 2 heterocycles. The van der Waals surface area contributed by atoms with Gasteiger partial charge in [-0.1, -0.05) is 82.1 Å². The second kappa shape index (κ2) is 14.9. The normalized spacial score (nSPS) is 50.4. The van der Waals surface area contributed by atoms with Crippen LogP contribution < -0.4 is 0 Å². The highest BCUT2D eigenvalue weighted by Gasteiger charge is 2.57. The third kappa shape index (κ3) is 6.29. The number of hydrogen-bond donors (Lipinski definition) is 0. The van der Waals surface area contributed by atoms with Crippen molar-refractivity contribution in [3.05, 3.63) is 24.3 Å². The number of hydrogen-bond acceptors (Lipinski definition) is 2. The van der Waals surface area contributed by atoms with Gasteiger partial charge in [-0.3, -0.25) is 9.80 Å². The Kier molecular flexibility index (Phi) is 10.1. The van der Waals surface area contributed by atoms with Crippen molar-refractivity contribution in [2.24, 2.45) is 59.2 Å². The number of allylic oxidation sites excluding steroid dienone is 3. The summed E-state index contributed by atoms with van der Waals surface area (Å²) in [5.41, 5.74) is 0. The zero-order valence-electron chi connectivity index (χ0n) is 32.2. The first-order valence-electron chi connectivity index (χ1n) is 23.7. The van der Waals surface area contributed by atoms with Crippen molar-refractivity contribution in [3.8, 4) is 0 Å². The van der Waals surface area contributed by atoms with Crippen LogP contribution in [-0.2, 0) is 0 Å². The zero-order valence-corrected chi connectivity index (χ0v) is 32.2. The van der Waals surface area contributed by atoms with E-state index < -0.39 is 0 Å². The van der Waals surface area contributed by atoms with Crippen LogP contribution in [-0.4, -0.2) is 46.1 Å². The molecule has 0 aromatic heterocycles. The van der Waals surface area contributed by atoms with Crippen LogP contribution in [0.1, 0.15) is 180 Å². The van der Waals surface area contributed by atoms with E-state index in [1.807, 2.05) is 0 Å². The fourth-order valence-electron chi connectivity index (χ4n) is 16.6. The quantitative estimate of drug-likeness (QED) is 0.267. The summed E-state index contributed by atoms with van der Waals surface area (Å²) in [5.74, 6) is 10.1. The van der Waals surface area contributed by atoms with Gasteiger partial charge in [-0.15, -0.1) is 0 Å². The van der Waals surface area contributed by atoms with Crippen LogP contribution in [0.5, 0.6) is 0 Å². The van der Waals surface area contributed by atoms with Crippen LogP contribution >= 0.6 is 0 Å². The molecular formula is C48H76N2. The second-order valence-electron chi connectivity index (χ2n) is 20.7. The summed E-state index contributed by atoms with van der Waals surface area (Å²) in [6.07, 6.45) is 53.3. The Balaban J connectivity index is 0.803. The molecule has 10 rings (SSSR count). The van der Waals surface area contributed by atoms with E-state index in [9.17, 15) is 0 Å². The Morgan fingerprint density at radius 3 is 1.54 bits per heavy atom. The van der Waals surface area contributed by atoms with Gasteiger partial charge < -0.3 is 0 Å². The molecule has 0 N–H and O–H groups in total. The van der Waals surface area contributed by atoms with Crippen LogP contribution in [0.15, 0.2) is 24.3 Å². The molecule has 2 heteroatoms. The van der Waals surface area contributed by atoms with E-state index in [1.165, 1.54) is 89.9 Å². The Bertz CT molecular complexity index is 1190. The number of likely N-dealkylation sites (tertiary alicyclic amines) is 2. The first-order chi connectivity index (χ1) is 24.8. The highest BCUT2D eigenvalue weighted by molar-refractivity contribution is 5.14. The van der Waals surface area contributed by atoms with Crippen molar-refractivity contribution in [3.63, 3.8) is 0 Å². The van der Waals surface area contributed by atoms with Gasteiger partial charge in [0.05, 0.1) is 0 Å². The predicted molar refractivity (Wildman–Crippen MR) is 209 cm³/mol. The lowest BCUT2D eigenvalue weighted by molar-refractivity contribution is 0.0273. The van der Waals surface area contributed by atoms with Crippen LogP contribution in [0.25, 0.3) is 0 Å². The maximum absolute atomic E-state index is 3.31. The van der Waals surface area contributed by atoms with Gasteiger partial charge in [-0.2, -0.15) is 0 Å². The fourth-order valence-corrected chi connectivity index (χ4v) is 16.6. The molecule has 8 aliphatic carbocycles. The molecule has 2 nitrogen and oxygen atoms in total. The minimum Gasteiger partial charge on any atom is -0.294 e. The number of nitrogens with zero attached hydrogens (tertiary/aromatic N) is 2. The van der Waals surface area contributed by atoms with Crippen LogP contribution in [0.2, 0.25) is 0 Å². The topological polar surface area (TPSA) is 6.48 Å². The molecule has 6 saturated carbocycles. The van der Waals surface area contributed by atoms with Gasteiger partial charge in [-0.05, 0) is 181 Å². The summed E-state index contributed by atoms with van der Waals surface area (Å²) >= 11 is 0. The second-order valence-corrected chi connectivity index (χ2v) is 20.7. The summed E-state index contributed by atoms with van der Waals surface area (Å²) in [6, 6.07) is 5.43. The van der Waals surface area contributed by atoms with Crippen molar-refractivity contribution in [2.45, 2.75) is 216 Å².